The first kappa shape index (κ1) is 16.6. The third kappa shape index (κ3) is 4.85. The third-order valence-corrected chi connectivity index (χ3v) is 3.85. The lowest BCUT2D eigenvalue weighted by Crippen LogP contribution is -2.08. The van der Waals surface area contributed by atoms with Gasteiger partial charge in [-0.15, -0.1) is 0 Å². The Morgan fingerprint density at radius 1 is 0.917 bits per heavy atom. The minimum atomic E-state index is 0.580. The number of hydrogen-bond acceptors (Lipinski definition) is 4. The van der Waals surface area contributed by atoms with Crippen molar-refractivity contribution in [1.82, 2.24) is 9.97 Å². The first-order valence-electron chi connectivity index (χ1n) is 7.53. The number of benzene rings is 2. The number of aromatic nitrogens is 2. The zero-order valence-electron chi connectivity index (χ0n) is 12.8. The molecule has 0 aliphatic carbocycles. The van der Waals surface area contributed by atoms with Crippen LogP contribution in [0.3, 0.4) is 0 Å². The highest BCUT2D eigenvalue weighted by atomic mass is 35.5. The molecule has 0 saturated carbocycles. The first-order valence-corrected chi connectivity index (χ1v) is 8.28. The molecule has 24 heavy (non-hydrogen) atoms. The van der Waals surface area contributed by atoms with E-state index in [-0.39, 0.29) is 0 Å². The van der Waals surface area contributed by atoms with Crippen LogP contribution in [0.1, 0.15) is 5.56 Å². The van der Waals surface area contributed by atoms with Crippen molar-refractivity contribution >= 4 is 40.7 Å². The summed E-state index contributed by atoms with van der Waals surface area (Å²) in [6.45, 7) is 0.738. The highest BCUT2D eigenvalue weighted by Crippen LogP contribution is 2.19. The Morgan fingerprint density at radius 2 is 1.75 bits per heavy atom. The highest BCUT2D eigenvalue weighted by Gasteiger charge is 2.01. The number of hydrogen-bond donors (Lipinski definition) is 2. The van der Waals surface area contributed by atoms with Crippen molar-refractivity contribution in [3.63, 3.8) is 0 Å². The van der Waals surface area contributed by atoms with Gasteiger partial charge in [-0.25, -0.2) is 4.98 Å². The van der Waals surface area contributed by atoms with Crippen molar-refractivity contribution in [2.24, 2.45) is 0 Å². The van der Waals surface area contributed by atoms with Crippen LogP contribution in [0.15, 0.2) is 60.8 Å². The molecule has 1 aromatic heterocycles. The van der Waals surface area contributed by atoms with E-state index in [4.69, 9.17) is 23.2 Å². The van der Waals surface area contributed by atoms with E-state index in [9.17, 15) is 0 Å². The summed E-state index contributed by atoms with van der Waals surface area (Å²) in [6.07, 6.45) is 2.58. The molecule has 0 saturated heterocycles. The Labute approximate surface area is 150 Å². The number of nitrogens with zero attached hydrogens (tertiary/aromatic N) is 2. The van der Waals surface area contributed by atoms with Crippen LogP contribution in [0.5, 0.6) is 0 Å². The van der Waals surface area contributed by atoms with E-state index in [2.05, 4.69) is 20.6 Å². The Bertz CT molecular complexity index is 806. The maximum atomic E-state index is 5.99. The van der Waals surface area contributed by atoms with Crippen LogP contribution < -0.4 is 10.6 Å². The quantitative estimate of drug-likeness (QED) is 0.637. The molecule has 122 valence electrons. The van der Waals surface area contributed by atoms with Crippen LogP contribution in [-0.2, 0) is 6.42 Å². The fourth-order valence-corrected chi connectivity index (χ4v) is 2.51. The van der Waals surface area contributed by atoms with Crippen molar-refractivity contribution < 1.29 is 0 Å². The van der Waals surface area contributed by atoms with Crippen LogP contribution in [-0.4, -0.2) is 16.5 Å². The standard InChI is InChI=1S/C18H16Cl2N4/c19-14-6-4-13(5-7-14)8-10-21-18-22-11-9-17(24-18)23-16-3-1-2-15(20)12-16/h1-7,9,11-12H,8,10H2,(H2,21,22,23,24). The Kier molecular flexibility index (Phi) is 5.51. The SMILES string of the molecule is Clc1ccc(CCNc2nccc(Nc3cccc(Cl)c3)n2)cc1. The zero-order valence-corrected chi connectivity index (χ0v) is 14.3. The number of anilines is 3. The number of nitrogens with one attached hydrogen (secondary N) is 2. The normalized spacial score (nSPS) is 10.4. The number of rotatable bonds is 6. The lowest BCUT2D eigenvalue weighted by molar-refractivity contribution is 0.985. The van der Waals surface area contributed by atoms with E-state index in [0.29, 0.717) is 16.8 Å². The smallest absolute Gasteiger partial charge is 0.224 e. The van der Waals surface area contributed by atoms with Crippen LogP contribution >= 0.6 is 23.2 Å². The van der Waals surface area contributed by atoms with Gasteiger partial charge < -0.3 is 10.6 Å². The van der Waals surface area contributed by atoms with Gasteiger partial charge in [-0.05, 0) is 48.4 Å². The zero-order chi connectivity index (χ0) is 16.8. The molecule has 3 aromatic rings. The van der Waals surface area contributed by atoms with Crippen LogP contribution in [0.25, 0.3) is 0 Å². The summed E-state index contributed by atoms with van der Waals surface area (Å²) in [5.74, 6) is 1.29. The second kappa shape index (κ2) is 7.99. The molecule has 2 N–H and O–H groups in total. The number of halogens is 2. The van der Waals surface area contributed by atoms with Gasteiger partial charge >= 0.3 is 0 Å². The average Bonchev–Trinajstić information content (AvgIpc) is 2.57. The second-order valence-corrected chi connectivity index (χ2v) is 6.08. The highest BCUT2D eigenvalue weighted by molar-refractivity contribution is 6.31. The first-order chi connectivity index (χ1) is 11.7. The van der Waals surface area contributed by atoms with Gasteiger partial charge in [-0.1, -0.05) is 41.4 Å². The summed E-state index contributed by atoms with van der Waals surface area (Å²) < 4.78 is 0. The van der Waals surface area contributed by atoms with E-state index in [0.717, 1.165) is 23.7 Å². The molecule has 4 nitrogen and oxygen atoms in total. The summed E-state index contributed by atoms with van der Waals surface area (Å²) in [7, 11) is 0. The van der Waals surface area contributed by atoms with Gasteiger partial charge in [0.25, 0.3) is 0 Å². The van der Waals surface area contributed by atoms with E-state index < -0.39 is 0 Å². The van der Waals surface area contributed by atoms with Crippen molar-refractivity contribution in [2.75, 3.05) is 17.2 Å². The van der Waals surface area contributed by atoms with Gasteiger partial charge in [0, 0.05) is 28.5 Å². The fourth-order valence-electron chi connectivity index (χ4n) is 2.20. The molecule has 0 fully saturated rings. The Hall–Kier alpha value is -2.30. The average molecular weight is 359 g/mol. The molecule has 0 unspecified atom stereocenters. The Balaban J connectivity index is 1.57. The van der Waals surface area contributed by atoms with Crippen LogP contribution in [0.2, 0.25) is 10.0 Å². The summed E-state index contributed by atoms with van der Waals surface area (Å²) in [5.41, 5.74) is 2.09. The Morgan fingerprint density at radius 3 is 2.54 bits per heavy atom. The van der Waals surface area contributed by atoms with Crippen molar-refractivity contribution in [3.05, 3.63) is 76.4 Å². The molecule has 0 radical (unpaired) electrons. The van der Waals surface area contributed by atoms with Gasteiger partial charge in [-0.3, -0.25) is 0 Å². The largest absolute Gasteiger partial charge is 0.354 e. The molecular weight excluding hydrogens is 343 g/mol. The summed E-state index contributed by atoms with van der Waals surface area (Å²) in [6, 6.07) is 17.1. The molecule has 0 aliphatic rings. The van der Waals surface area contributed by atoms with Gasteiger partial charge in [-0.2, -0.15) is 4.98 Å². The fraction of sp³-hybridized carbons (Fsp3) is 0.111. The summed E-state index contributed by atoms with van der Waals surface area (Å²) in [5, 5.41) is 7.85. The van der Waals surface area contributed by atoms with Gasteiger partial charge in [0.05, 0.1) is 0 Å². The van der Waals surface area contributed by atoms with E-state index in [1.807, 2.05) is 54.6 Å². The predicted molar refractivity (Wildman–Crippen MR) is 100 cm³/mol. The van der Waals surface area contributed by atoms with Gasteiger partial charge in [0.1, 0.15) is 5.82 Å². The van der Waals surface area contributed by atoms with E-state index >= 15 is 0 Å². The summed E-state index contributed by atoms with van der Waals surface area (Å²) in [4.78, 5) is 8.68. The maximum absolute atomic E-state index is 5.99. The molecule has 3 rings (SSSR count). The lowest BCUT2D eigenvalue weighted by Gasteiger charge is -2.09. The minimum absolute atomic E-state index is 0.580. The molecular formula is C18H16Cl2N4. The molecule has 0 bridgehead atoms. The van der Waals surface area contributed by atoms with Crippen LogP contribution in [0.4, 0.5) is 17.5 Å². The minimum Gasteiger partial charge on any atom is -0.354 e. The summed E-state index contributed by atoms with van der Waals surface area (Å²) >= 11 is 11.9. The predicted octanol–water partition coefficient (Wildman–Crippen LogP) is 5.18. The molecule has 2 aromatic carbocycles. The molecule has 6 heteroatoms. The molecule has 0 spiro atoms. The van der Waals surface area contributed by atoms with E-state index in [1.165, 1.54) is 5.56 Å². The van der Waals surface area contributed by atoms with Crippen molar-refractivity contribution in [2.45, 2.75) is 6.42 Å². The van der Waals surface area contributed by atoms with Gasteiger partial charge in [0.2, 0.25) is 5.95 Å². The molecule has 0 aliphatic heterocycles. The molecule has 0 atom stereocenters. The van der Waals surface area contributed by atoms with Crippen molar-refractivity contribution in [1.29, 1.82) is 0 Å². The second-order valence-electron chi connectivity index (χ2n) is 5.20. The van der Waals surface area contributed by atoms with Gasteiger partial charge in [0.15, 0.2) is 0 Å². The maximum Gasteiger partial charge on any atom is 0.224 e. The van der Waals surface area contributed by atoms with Crippen LogP contribution in [0, 0.1) is 0 Å². The topological polar surface area (TPSA) is 49.8 Å². The van der Waals surface area contributed by atoms with E-state index in [1.54, 1.807) is 6.20 Å². The monoisotopic (exact) mass is 358 g/mol. The lowest BCUT2D eigenvalue weighted by atomic mass is 10.1. The van der Waals surface area contributed by atoms with Crippen molar-refractivity contribution in [3.8, 4) is 0 Å². The molecule has 0 amide bonds. The third-order valence-electron chi connectivity index (χ3n) is 3.36. The molecule has 1 heterocycles.